The van der Waals surface area contributed by atoms with Gasteiger partial charge in [-0.3, -0.25) is 9.13 Å². The van der Waals surface area contributed by atoms with Gasteiger partial charge in [-0.05, 0) is 63.3 Å². The fourth-order valence-electron chi connectivity index (χ4n) is 11.0. The second kappa shape index (κ2) is 21.7. The van der Waals surface area contributed by atoms with Crippen LogP contribution < -0.4 is 0 Å². The number of fused-ring (bicyclic) bond motifs is 8. The van der Waals surface area contributed by atoms with Gasteiger partial charge in [0.2, 0.25) is 11.9 Å². The zero-order valence-corrected chi connectivity index (χ0v) is 46.6. The van der Waals surface area contributed by atoms with Crippen molar-refractivity contribution < 1.29 is 20.1 Å². The van der Waals surface area contributed by atoms with Crippen molar-refractivity contribution in [2.45, 2.75) is 0 Å². The average Bonchev–Trinajstić information content (AvgIpc) is 3.80. The molecular weight excluding hydrogens is 1200 g/mol. The SMILES string of the molecule is [Ir].[c-]1ccc(-c2nc(-c3ccccc3)nc(-c3ccccc3)n2)cc1-c1nccc2ccccc12.[c-]1ccc(-c2nc(-n3c4ccccc4c4ccccc43)nc(-n3c4ccccc4c4ccccc43)n2)cc1-c1cc2ccccc2cn1. The van der Waals surface area contributed by atoms with Gasteiger partial charge in [0.15, 0.2) is 11.6 Å². The first kappa shape index (κ1) is 50.5. The van der Waals surface area contributed by atoms with Gasteiger partial charge in [-0.2, -0.15) is 15.0 Å². The first-order valence-electron chi connectivity index (χ1n) is 27.0. The number of benzene rings is 10. The van der Waals surface area contributed by atoms with E-state index in [0.717, 1.165) is 110 Å². The molecule has 1 radical (unpaired) electrons. The zero-order valence-electron chi connectivity index (χ0n) is 44.2. The third-order valence-electron chi connectivity index (χ3n) is 14.8. The number of nitrogens with zero attached hydrogens (tertiary/aromatic N) is 10. The Hall–Kier alpha value is -10.7. The largest absolute Gasteiger partial charge is 0.304 e. The summed E-state index contributed by atoms with van der Waals surface area (Å²) in [5.41, 5.74) is 11.3. The summed E-state index contributed by atoms with van der Waals surface area (Å²) in [5.74, 6) is 3.56. The summed E-state index contributed by atoms with van der Waals surface area (Å²) in [6.45, 7) is 0. The predicted molar refractivity (Wildman–Crippen MR) is 329 cm³/mol. The van der Waals surface area contributed by atoms with Gasteiger partial charge < -0.3 is 9.97 Å². The molecule has 0 unspecified atom stereocenters. The third kappa shape index (κ3) is 9.45. The van der Waals surface area contributed by atoms with E-state index in [4.69, 9.17) is 34.9 Å². The molecule has 393 valence electrons. The Morgan fingerprint density at radius 2 is 0.711 bits per heavy atom. The van der Waals surface area contributed by atoms with Crippen molar-refractivity contribution in [2.24, 2.45) is 0 Å². The van der Waals surface area contributed by atoms with E-state index in [2.05, 4.69) is 160 Å². The molecule has 10 nitrogen and oxygen atoms in total. The molecule has 0 fully saturated rings. The molecule has 83 heavy (non-hydrogen) atoms. The Kier molecular flexibility index (Phi) is 13.2. The van der Waals surface area contributed by atoms with Crippen molar-refractivity contribution >= 4 is 65.2 Å². The summed E-state index contributed by atoms with van der Waals surface area (Å²) in [5, 5.41) is 9.04. The Balaban J connectivity index is 0.000000155. The van der Waals surface area contributed by atoms with Crippen LogP contribution in [-0.2, 0) is 20.1 Å². The average molecular weight is 1240 g/mol. The Morgan fingerprint density at radius 3 is 1.24 bits per heavy atom. The van der Waals surface area contributed by atoms with E-state index in [9.17, 15) is 0 Å². The summed E-state index contributed by atoms with van der Waals surface area (Å²) in [4.78, 5) is 39.5. The molecule has 6 aromatic heterocycles. The molecule has 6 heterocycles. The van der Waals surface area contributed by atoms with Crippen molar-refractivity contribution in [3.05, 3.63) is 279 Å². The van der Waals surface area contributed by atoms with Crippen LogP contribution in [-0.4, -0.2) is 49.0 Å². The van der Waals surface area contributed by atoms with E-state index in [1.54, 1.807) is 0 Å². The molecule has 0 aliphatic carbocycles. The molecule has 0 aliphatic rings. The van der Waals surface area contributed by atoms with E-state index in [1.807, 2.05) is 134 Å². The van der Waals surface area contributed by atoms with E-state index < -0.39 is 0 Å². The maximum atomic E-state index is 5.24. The summed E-state index contributed by atoms with van der Waals surface area (Å²) < 4.78 is 4.29. The zero-order chi connectivity index (χ0) is 54.3. The molecule has 16 aromatic rings. The summed E-state index contributed by atoms with van der Waals surface area (Å²) >= 11 is 0. The minimum atomic E-state index is 0. The Morgan fingerprint density at radius 1 is 0.301 bits per heavy atom. The monoisotopic (exact) mass is 1240 g/mol. The van der Waals surface area contributed by atoms with Crippen LogP contribution in [0.2, 0.25) is 0 Å². The fraction of sp³-hybridized carbons (Fsp3) is 0. The van der Waals surface area contributed by atoms with Crippen LogP contribution in [0.1, 0.15) is 0 Å². The number of aromatic nitrogens is 10. The Bertz CT molecular complexity index is 4780. The second-order valence-corrected chi connectivity index (χ2v) is 19.8. The molecular formula is C72H44IrN10-2. The minimum absolute atomic E-state index is 0. The number of rotatable bonds is 8. The molecule has 16 rings (SSSR count). The molecule has 0 bridgehead atoms. The predicted octanol–water partition coefficient (Wildman–Crippen LogP) is 16.6. The molecule has 0 saturated carbocycles. The summed E-state index contributed by atoms with van der Waals surface area (Å²) in [7, 11) is 0. The quantitative estimate of drug-likeness (QED) is 0.138. The van der Waals surface area contributed by atoms with Gasteiger partial charge in [0.05, 0.1) is 22.1 Å². The smallest absolute Gasteiger partial charge is 0.240 e. The molecule has 0 spiro atoms. The van der Waals surface area contributed by atoms with Crippen molar-refractivity contribution in [1.29, 1.82) is 0 Å². The van der Waals surface area contributed by atoms with Crippen LogP contribution in [0.15, 0.2) is 267 Å². The second-order valence-electron chi connectivity index (χ2n) is 19.8. The van der Waals surface area contributed by atoms with Crippen LogP contribution in [0.4, 0.5) is 0 Å². The fourth-order valence-corrected chi connectivity index (χ4v) is 11.0. The normalized spacial score (nSPS) is 11.3. The van der Waals surface area contributed by atoms with Crippen LogP contribution in [0.3, 0.4) is 0 Å². The van der Waals surface area contributed by atoms with Gasteiger partial charge in [-0.25, -0.2) is 15.0 Å². The van der Waals surface area contributed by atoms with E-state index in [0.29, 0.717) is 35.2 Å². The molecule has 11 heteroatoms. The van der Waals surface area contributed by atoms with Gasteiger partial charge in [0.1, 0.15) is 11.6 Å². The minimum Gasteiger partial charge on any atom is -0.304 e. The van der Waals surface area contributed by atoms with Crippen LogP contribution in [0.25, 0.3) is 145 Å². The first-order chi connectivity index (χ1) is 40.6. The van der Waals surface area contributed by atoms with Crippen LogP contribution in [0.5, 0.6) is 0 Å². The summed E-state index contributed by atoms with van der Waals surface area (Å²) in [6.07, 6.45) is 3.75. The standard InChI is InChI=1S/C42H25N6.C30H19N4.Ir/c1-2-13-30-26-43-35(25-27(30)12-1)28-14-11-15-29(24-28)40-44-41(47-36-20-7-3-16-31(36)32-17-4-8-21-37(32)47)46-42(45-40)48-38-22-9-5-18-33(38)34-19-6-10-23-39(34)48;1-3-11-22(12-4-1)28-32-29(23-13-5-2-6-14-23)34-30(33-28)25-16-9-15-24(20-25)27-26-17-8-7-10-21(26)18-19-31-27;/h1-13,15-26H;1-14,16-20H;/q2*-1;. The van der Waals surface area contributed by atoms with Crippen molar-refractivity contribution in [3.8, 4) is 80.0 Å². The van der Waals surface area contributed by atoms with Gasteiger partial charge in [0.25, 0.3) is 0 Å². The Labute approximate surface area is 490 Å². The van der Waals surface area contributed by atoms with Gasteiger partial charge in [-0.1, -0.05) is 199 Å². The van der Waals surface area contributed by atoms with E-state index in [1.165, 1.54) is 0 Å². The van der Waals surface area contributed by atoms with Gasteiger partial charge >= 0.3 is 0 Å². The maximum absolute atomic E-state index is 5.24. The van der Waals surface area contributed by atoms with Crippen molar-refractivity contribution in [2.75, 3.05) is 0 Å². The topological polar surface area (TPSA) is 113 Å². The molecule has 0 atom stereocenters. The van der Waals surface area contributed by atoms with Gasteiger partial charge in [0, 0.05) is 65.2 Å². The number of pyridine rings is 2. The molecule has 0 aliphatic heterocycles. The van der Waals surface area contributed by atoms with Gasteiger partial charge in [-0.15, -0.1) is 59.7 Å². The van der Waals surface area contributed by atoms with E-state index in [-0.39, 0.29) is 20.1 Å². The van der Waals surface area contributed by atoms with Crippen LogP contribution in [0, 0.1) is 12.1 Å². The van der Waals surface area contributed by atoms with Crippen molar-refractivity contribution in [3.63, 3.8) is 0 Å². The van der Waals surface area contributed by atoms with E-state index >= 15 is 0 Å². The number of para-hydroxylation sites is 4. The molecule has 10 aromatic carbocycles. The number of hydrogen-bond donors (Lipinski definition) is 0. The molecule has 0 N–H and O–H groups in total. The first-order valence-corrected chi connectivity index (χ1v) is 27.0. The maximum Gasteiger partial charge on any atom is 0.240 e. The van der Waals surface area contributed by atoms with Crippen molar-refractivity contribution in [1.82, 2.24) is 49.0 Å². The molecule has 0 saturated heterocycles. The van der Waals surface area contributed by atoms with Crippen LogP contribution >= 0.6 is 0 Å². The number of hydrogen-bond acceptors (Lipinski definition) is 8. The third-order valence-corrected chi connectivity index (χ3v) is 14.8. The summed E-state index contributed by atoms with van der Waals surface area (Å²) in [6, 6.07) is 92.9. The molecule has 0 amide bonds.